The van der Waals surface area contributed by atoms with Crippen LogP contribution in [0.15, 0.2) is 58.2 Å². The molecular formula is C19H17FN2O2S. The van der Waals surface area contributed by atoms with Crippen molar-refractivity contribution in [2.75, 3.05) is 0 Å². The lowest BCUT2D eigenvalue weighted by atomic mass is 10.1. The van der Waals surface area contributed by atoms with E-state index in [1.807, 2.05) is 31.2 Å². The first-order valence-electron chi connectivity index (χ1n) is 7.96. The molecule has 0 saturated carbocycles. The summed E-state index contributed by atoms with van der Waals surface area (Å²) in [4.78, 5) is 12.5. The van der Waals surface area contributed by atoms with E-state index in [9.17, 15) is 9.18 Å². The minimum absolute atomic E-state index is 0.00850. The molecule has 0 aliphatic carbocycles. The van der Waals surface area contributed by atoms with Gasteiger partial charge in [-0.15, -0.1) is 10.2 Å². The first-order chi connectivity index (χ1) is 12.1. The number of rotatable bonds is 6. The Morgan fingerprint density at radius 2 is 1.80 bits per heavy atom. The summed E-state index contributed by atoms with van der Waals surface area (Å²) in [6.07, 6.45) is 0.937. The van der Waals surface area contributed by atoms with Crippen LogP contribution in [-0.4, -0.2) is 21.2 Å². The normalized spacial score (nSPS) is 12.1. The highest BCUT2D eigenvalue weighted by molar-refractivity contribution is 8.00. The van der Waals surface area contributed by atoms with Gasteiger partial charge in [0, 0.05) is 11.1 Å². The molecule has 4 nitrogen and oxygen atoms in total. The maximum Gasteiger partial charge on any atom is 0.277 e. The maximum absolute atomic E-state index is 13.0. The molecule has 2 aromatic carbocycles. The minimum Gasteiger partial charge on any atom is -0.411 e. The number of aryl methyl sites for hydroxylation is 1. The molecule has 3 rings (SSSR count). The molecule has 0 aliphatic rings. The number of carbonyl (C=O) groups is 1. The first kappa shape index (κ1) is 17.4. The van der Waals surface area contributed by atoms with Gasteiger partial charge >= 0.3 is 0 Å². The zero-order valence-electron chi connectivity index (χ0n) is 13.9. The van der Waals surface area contributed by atoms with Crippen molar-refractivity contribution in [2.45, 2.75) is 30.7 Å². The Morgan fingerprint density at radius 1 is 1.12 bits per heavy atom. The number of aromatic nitrogens is 2. The van der Waals surface area contributed by atoms with Crippen LogP contribution in [-0.2, 0) is 6.42 Å². The number of Topliss-reactive ketones (excluding diaryl/α,β-unsaturated/α-hetero) is 1. The number of halogens is 1. The average molecular weight is 356 g/mol. The van der Waals surface area contributed by atoms with Crippen molar-refractivity contribution in [1.29, 1.82) is 0 Å². The quantitative estimate of drug-likeness (QED) is 0.469. The van der Waals surface area contributed by atoms with Crippen LogP contribution in [0.25, 0.3) is 11.5 Å². The third-order valence-electron chi connectivity index (χ3n) is 3.79. The van der Waals surface area contributed by atoms with E-state index < -0.39 is 0 Å². The molecule has 1 aromatic heterocycles. The van der Waals surface area contributed by atoms with Gasteiger partial charge in [-0.1, -0.05) is 43.0 Å². The van der Waals surface area contributed by atoms with Gasteiger partial charge in [-0.25, -0.2) is 4.39 Å². The lowest BCUT2D eigenvalue weighted by molar-refractivity contribution is 0.0993. The predicted octanol–water partition coefficient (Wildman–Crippen LogP) is 4.80. The fraction of sp³-hybridized carbons (Fsp3) is 0.211. The van der Waals surface area contributed by atoms with Crippen molar-refractivity contribution in [3.05, 3.63) is 65.5 Å². The molecule has 3 aromatic rings. The van der Waals surface area contributed by atoms with E-state index in [0.717, 1.165) is 6.42 Å². The summed E-state index contributed by atoms with van der Waals surface area (Å²) < 4.78 is 18.5. The average Bonchev–Trinajstić information content (AvgIpc) is 3.10. The molecule has 0 fully saturated rings. The zero-order chi connectivity index (χ0) is 17.8. The summed E-state index contributed by atoms with van der Waals surface area (Å²) in [5, 5.41) is 7.87. The molecule has 0 radical (unpaired) electrons. The highest BCUT2D eigenvalue weighted by atomic mass is 32.2. The Labute approximate surface area is 149 Å². The second-order valence-corrected chi connectivity index (χ2v) is 6.85. The van der Waals surface area contributed by atoms with E-state index in [0.29, 0.717) is 22.2 Å². The fourth-order valence-electron chi connectivity index (χ4n) is 2.31. The van der Waals surface area contributed by atoms with Gasteiger partial charge in [0.15, 0.2) is 5.78 Å². The summed E-state index contributed by atoms with van der Waals surface area (Å²) in [7, 11) is 0. The highest BCUT2D eigenvalue weighted by Crippen LogP contribution is 2.28. The van der Waals surface area contributed by atoms with Crippen molar-refractivity contribution in [3.8, 4) is 11.5 Å². The Morgan fingerprint density at radius 3 is 2.44 bits per heavy atom. The second-order valence-electron chi connectivity index (χ2n) is 5.55. The molecule has 1 atom stereocenters. The number of thioether (sulfide) groups is 1. The standard InChI is InChI=1S/C19H17FN2O2S/c1-3-13-4-6-14(7-5-13)17(23)12(2)25-19-22-21-18(24-19)15-8-10-16(20)11-9-15/h4-12H,3H2,1-2H3. The number of hydrogen-bond donors (Lipinski definition) is 0. The van der Waals surface area contributed by atoms with Crippen LogP contribution >= 0.6 is 11.8 Å². The van der Waals surface area contributed by atoms with Crippen LogP contribution in [0.3, 0.4) is 0 Å². The number of nitrogens with zero attached hydrogens (tertiary/aromatic N) is 2. The van der Waals surface area contributed by atoms with Crippen molar-refractivity contribution in [1.82, 2.24) is 10.2 Å². The Balaban J connectivity index is 1.69. The summed E-state index contributed by atoms with van der Waals surface area (Å²) in [6, 6.07) is 13.4. The molecule has 1 heterocycles. The maximum atomic E-state index is 13.0. The van der Waals surface area contributed by atoms with E-state index in [4.69, 9.17) is 4.42 Å². The van der Waals surface area contributed by atoms with Gasteiger partial charge in [0.25, 0.3) is 5.22 Å². The number of carbonyl (C=O) groups excluding carboxylic acids is 1. The van der Waals surface area contributed by atoms with E-state index in [2.05, 4.69) is 17.1 Å². The van der Waals surface area contributed by atoms with E-state index >= 15 is 0 Å². The van der Waals surface area contributed by atoms with Gasteiger partial charge < -0.3 is 4.42 Å². The molecule has 6 heteroatoms. The van der Waals surface area contributed by atoms with Crippen LogP contribution in [0.2, 0.25) is 0 Å². The third kappa shape index (κ3) is 4.14. The van der Waals surface area contributed by atoms with Gasteiger partial charge in [-0.05, 0) is 43.2 Å². The van der Waals surface area contributed by atoms with Crippen LogP contribution in [0.5, 0.6) is 0 Å². The van der Waals surface area contributed by atoms with Gasteiger partial charge in [-0.3, -0.25) is 4.79 Å². The smallest absolute Gasteiger partial charge is 0.277 e. The van der Waals surface area contributed by atoms with E-state index in [-0.39, 0.29) is 16.9 Å². The molecule has 0 spiro atoms. The van der Waals surface area contributed by atoms with E-state index in [1.54, 1.807) is 12.1 Å². The summed E-state index contributed by atoms with van der Waals surface area (Å²) in [6.45, 7) is 3.88. The van der Waals surface area contributed by atoms with Gasteiger partial charge in [0.2, 0.25) is 5.89 Å². The lowest BCUT2D eigenvalue weighted by Crippen LogP contribution is -2.13. The summed E-state index contributed by atoms with van der Waals surface area (Å²) >= 11 is 1.21. The third-order valence-corrected chi connectivity index (χ3v) is 4.73. The highest BCUT2D eigenvalue weighted by Gasteiger charge is 2.20. The Bertz CT molecular complexity index is 860. The van der Waals surface area contributed by atoms with Crippen LogP contribution < -0.4 is 0 Å². The largest absolute Gasteiger partial charge is 0.411 e. The van der Waals surface area contributed by atoms with Gasteiger partial charge in [0.1, 0.15) is 5.82 Å². The molecule has 0 aliphatic heterocycles. The molecule has 128 valence electrons. The van der Waals surface area contributed by atoms with Crippen molar-refractivity contribution >= 4 is 17.5 Å². The zero-order valence-corrected chi connectivity index (χ0v) is 14.7. The van der Waals surface area contributed by atoms with Crippen LogP contribution in [0.4, 0.5) is 4.39 Å². The molecule has 1 unspecified atom stereocenters. The number of benzene rings is 2. The SMILES string of the molecule is CCc1ccc(C(=O)C(C)Sc2nnc(-c3ccc(F)cc3)o2)cc1. The molecular weight excluding hydrogens is 339 g/mol. The minimum atomic E-state index is -0.353. The fourth-order valence-corrected chi connectivity index (χ4v) is 3.07. The van der Waals surface area contributed by atoms with Crippen LogP contribution in [0.1, 0.15) is 29.8 Å². The van der Waals surface area contributed by atoms with Crippen molar-refractivity contribution < 1.29 is 13.6 Å². The van der Waals surface area contributed by atoms with Gasteiger partial charge in [0.05, 0.1) is 5.25 Å². The number of hydrogen-bond acceptors (Lipinski definition) is 5. The van der Waals surface area contributed by atoms with Crippen molar-refractivity contribution in [3.63, 3.8) is 0 Å². The lowest BCUT2D eigenvalue weighted by Gasteiger charge is -2.08. The van der Waals surface area contributed by atoms with Gasteiger partial charge in [-0.2, -0.15) is 0 Å². The monoisotopic (exact) mass is 356 g/mol. The molecule has 0 amide bonds. The van der Waals surface area contributed by atoms with Crippen LogP contribution in [0, 0.1) is 5.82 Å². The molecule has 0 bridgehead atoms. The first-order valence-corrected chi connectivity index (χ1v) is 8.84. The molecule has 0 saturated heterocycles. The molecule has 25 heavy (non-hydrogen) atoms. The Kier molecular flexibility index (Phi) is 5.28. The predicted molar refractivity (Wildman–Crippen MR) is 95.2 cm³/mol. The topological polar surface area (TPSA) is 56.0 Å². The number of ketones is 1. The second kappa shape index (κ2) is 7.61. The Hall–Kier alpha value is -2.47. The van der Waals surface area contributed by atoms with Crippen molar-refractivity contribution in [2.24, 2.45) is 0 Å². The summed E-state index contributed by atoms with van der Waals surface area (Å²) in [5.41, 5.74) is 2.49. The van der Waals surface area contributed by atoms with E-state index in [1.165, 1.54) is 29.5 Å². The summed E-state index contributed by atoms with van der Waals surface area (Å²) in [5.74, 6) is -0.0187. The molecule has 0 N–H and O–H groups in total.